The van der Waals surface area contributed by atoms with Crippen LogP contribution in [-0.4, -0.2) is 81.3 Å². The monoisotopic (exact) mass is 456 g/mol. The van der Waals surface area contributed by atoms with Crippen LogP contribution in [0.1, 0.15) is 32.6 Å². The fourth-order valence-corrected chi connectivity index (χ4v) is 4.42. The number of likely N-dealkylation sites (tertiary alicyclic amines) is 1. The summed E-state index contributed by atoms with van der Waals surface area (Å²) < 4.78 is 19.9. The van der Waals surface area contributed by atoms with Crippen molar-refractivity contribution < 1.29 is 13.9 Å². The minimum Gasteiger partial charge on any atom is -0.378 e. The fraction of sp³-hybridized carbons (Fsp3) is 0.591. The van der Waals surface area contributed by atoms with E-state index in [1.54, 1.807) is 17.3 Å². The Morgan fingerprint density at radius 2 is 1.91 bits per heavy atom. The van der Waals surface area contributed by atoms with Crippen LogP contribution in [-0.2, 0) is 9.53 Å². The average molecular weight is 457 g/mol. The minimum atomic E-state index is -1.65. The number of nitrogens with zero attached hydrogens (tertiary/aromatic N) is 6. The summed E-state index contributed by atoms with van der Waals surface area (Å²) in [6.45, 7) is 5.67. The Morgan fingerprint density at radius 3 is 2.58 bits per heavy atom. The van der Waals surface area contributed by atoms with E-state index in [0.29, 0.717) is 69.7 Å². The third-order valence-electron chi connectivity index (χ3n) is 6.76. The van der Waals surface area contributed by atoms with E-state index in [9.17, 15) is 9.18 Å². The molecule has 3 N–H and O–H groups in total. The predicted molar refractivity (Wildman–Crippen MR) is 121 cm³/mol. The van der Waals surface area contributed by atoms with Crippen molar-refractivity contribution >= 4 is 23.6 Å². The molecule has 5 rings (SSSR count). The zero-order chi connectivity index (χ0) is 23.1. The summed E-state index contributed by atoms with van der Waals surface area (Å²) in [6.07, 6.45) is 5.43. The lowest BCUT2D eigenvalue weighted by atomic mass is 9.95. The Bertz CT molecular complexity index is 1030. The third kappa shape index (κ3) is 4.41. The zero-order valence-corrected chi connectivity index (χ0v) is 18.8. The number of alkyl halides is 1. The molecule has 0 unspecified atom stereocenters. The summed E-state index contributed by atoms with van der Waals surface area (Å²) in [5.41, 5.74) is 5.02. The van der Waals surface area contributed by atoms with E-state index in [1.807, 2.05) is 6.07 Å². The van der Waals surface area contributed by atoms with Crippen LogP contribution in [0.3, 0.4) is 0 Å². The molecule has 2 saturated heterocycles. The summed E-state index contributed by atoms with van der Waals surface area (Å²) in [6, 6.07) is 1.86. The van der Waals surface area contributed by atoms with Gasteiger partial charge < -0.3 is 25.6 Å². The normalized spacial score (nSPS) is 24.1. The topological polar surface area (TPSA) is 122 Å². The Morgan fingerprint density at radius 1 is 1.18 bits per heavy atom. The molecule has 2 aromatic rings. The van der Waals surface area contributed by atoms with Gasteiger partial charge in [-0.3, -0.25) is 4.79 Å². The molecule has 3 aliphatic rings. The molecule has 1 aliphatic carbocycles. The lowest BCUT2D eigenvalue weighted by Gasteiger charge is -2.32. The first-order chi connectivity index (χ1) is 15.9. The molecule has 176 valence electrons. The molecule has 10 nitrogen and oxygen atoms in total. The standard InChI is InChI=1S/C22H29FN8O2/c1-2-21(5-6-31(14-21)18(32)22(23)3-4-22)29-17-11-16(15-12-25-19(24)26-13-15)27-20(28-17)30-7-9-33-10-8-30/h11-13H,2-10,14H2,1H3,(H2,24,25,26)(H,27,28,29)/t21-/m1/s1. The van der Waals surface area contributed by atoms with Crippen LogP contribution in [0.2, 0.25) is 0 Å². The number of nitrogens with one attached hydrogen (secondary N) is 1. The SMILES string of the molecule is CC[C@@]1(Nc2cc(-c3cnc(N)nc3)nc(N3CCOCC3)n2)CCN(C(=O)C2(F)CC2)C1. The first-order valence-electron chi connectivity index (χ1n) is 11.5. The molecule has 0 bridgehead atoms. The van der Waals surface area contributed by atoms with Gasteiger partial charge in [-0.2, -0.15) is 4.98 Å². The molecule has 3 fully saturated rings. The second-order valence-corrected chi connectivity index (χ2v) is 9.07. The summed E-state index contributed by atoms with van der Waals surface area (Å²) >= 11 is 0. The second kappa shape index (κ2) is 8.36. The van der Waals surface area contributed by atoms with Crippen molar-refractivity contribution in [2.24, 2.45) is 0 Å². The van der Waals surface area contributed by atoms with Crippen molar-refractivity contribution in [2.45, 2.75) is 43.8 Å². The van der Waals surface area contributed by atoms with Gasteiger partial charge >= 0.3 is 0 Å². The number of hydrogen-bond donors (Lipinski definition) is 2. The quantitative estimate of drug-likeness (QED) is 0.668. The maximum absolute atomic E-state index is 14.4. The van der Waals surface area contributed by atoms with Crippen LogP contribution < -0.4 is 16.0 Å². The molecule has 0 aromatic carbocycles. The lowest BCUT2D eigenvalue weighted by Crippen LogP contribution is -2.44. The highest BCUT2D eigenvalue weighted by Crippen LogP contribution is 2.43. The Kier molecular flexibility index (Phi) is 5.51. The Labute approximate surface area is 191 Å². The molecule has 1 amide bonds. The molecule has 2 aromatic heterocycles. The molecular formula is C22H29FN8O2. The van der Waals surface area contributed by atoms with Crippen LogP contribution in [0.5, 0.6) is 0 Å². The summed E-state index contributed by atoms with van der Waals surface area (Å²) in [4.78, 5) is 34.0. The fourth-order valence-electron chi connectivity index (χ4n) is 4.42. The van der Waals surface area contributed by atoms with Crippen molar-refractivity contribution in [3.8, 4) is 11.3 Å². The van der Waals surface area contributed by atoms with Crippen LogP contribution in [0.4, 0.5) is 22.1 Å². The third-order valence-corrected chi connectivity index (χ3v) is 6.76. The molecule has 33 heavy (non-hydrogen) atoms. The highest BCUT2D eigenvalue weighted by Gasteiger charge is 2.55. The van der Waals surface area contributed by atoms with Gasteiger partial charge in [-0.05, 0) is 25.7 Å². The summed E-state index contributed by atoms with van der Waals surface area (Å²) in [5, 5.41) is 3.57. The van der Waals surface area contributed by atoms with Gasteiger partial charge in [0.2, 0.25) is 11.9 Å². The Balaban J connectivity index is 1.44. The van der Waals surface area contributed by atoms with Gasteiger partial charge in [0.1, 0.15) is 5.82 Å². The number of ether oxygens (including phenoxy) is 1. The van der Waals surface area contributed by atoms with E-state index in [2.05, 4.69) is 27.1 Å². The van der Waals surface area contributed by atoms with Crippen molar-refractivity contribution in [2.75, 3.05) is 55.3 Å². The predicted octanol–water partition coefficient (Wildman–Crippen LogP) is 1.65. The summed E-state index contributed by atoms with van der Waals surface area (Å²) in [7, 11) is 0. The van der Waals surface area contributed by atoms with Crippen LogP contribution >= 0.6 is 0 Å². The maximum atomic E-state index is 14.4. The minimum absolute atomic E-state index is 0.196. The number of rotatable bonds is 6. The van der Waals surface area contributed by atoms with E-state index in [-0.39, 0.29) is 17.4 Å². The number of hydrogen-bond acceptors (Lipinski definition) is 9. The highest BCUT2D eigenvalue weighted by atomic mass is 19.1. The second-order valence-electron chi connectivity index (χ2n) is 9.07. The van der Waals surface area contributed by atoms with Gasteiger partial charge in [0.05, 0.1) is 24.4 Å². The van der Waals surface area contributed by atoms with Crippen molar-refractivity contribution in [3.05, 3.63) is 18.5 Å². The number of aromatic nitrogens is 4. The molecule has 11 heteroatoms. The van der Waals surface area contributed by atoms with E-state index in [4.69, 9.17) is 20.4 Å². The van der Waals surface area contributed by atoms with E-state index in [1.165, 1.54) is 0 Å². The lowest BCUT2D eigenvalue weighted by molar-refractivity contribution is -0.137. The van der Waals surface area contributed by atoms with Crippen LogP contribution in [0.15, 0.2) is 18.5 Å². The average Bonchev–Trinajstić information content (AvgIpc) is 3.46. The smallest absolute Gasteiger partial charge is 0.260 e. The number of nitrogens with two attached hydrogens (primary N) is 1. The number of anilines is 3. The van der Waals surface area contributed by atoms with Gasteiger partial charge in [-0.1, -0.05) is 6.92 Å². The maximum Gasteiger partial charge on any atom is 0.260 e. The number of amides is 1. The highest BCUT2D eigenvalue weighted by molar-refractivity contribution is 5.88. The number of halogens is 1. The molecule has 0 radical (unpaired) electrons. The van der Waals surface area contributed by atoms with Gasteiger partial charge in [0.25, 0.3) is 5.91 Å². The van der Waals surface area contributed by atoms with Gasteiger partial charge in [0, 0.05) is 50.2 Å². The van der Waals surface area contributed by atoms with E-state index >= 15 is 0 Å². The van der Waals surface area contributed by atoms with Crippen LogP contribution in [0.25, 0.3) is 11.3 Å². The largest absolute Gasteiger partial charge is 0.378 e. The first-order valence-corrected chi connectivity index (χ1v) is 11.5. The van der Waals surface area contributed by atoms with Gasteiger partial charge in [-0.25, -0.2) is 19.3 Å². The van der Waals surface area contributed by atoms with Crippen molar-refractivity contribution in [1.29, 1.82) is 0 Å². The van der Waals surface area contributed by atoms with E-state index in [0.717, 1.165) is 18.4 Å². The van der Waals surface area contributed by atoms with Gasteiger partial charge in [-0.15, -0.1) is 0 Å². The van der Waals surface area contributed by atoms with Crippen LogP contribution in [0, 0.1) is 0 Å². The number of carbonyl (C=O) groups excluding carboxylic acids is 1. The van der Waals surface area contributed by atoms with Crippen molar-refractivity contribution in [1.82, 2.24) is 24.8 Å². The molecule has 2 aliphatic heterocycles. The molecule has 0 spiro atoms. The molecule has 4 heterocycles. The first kappa shape index (κ1) is 21.7. The Hall–Kier alpha value is -3.08. The van der Waals surface area contributed by atoms with Gasteiger partial charge in [0.15, 0.2) is 5.67 Å². The van der Waals surface area contributed by atoms with Crippen molar-refractivity contribution in [3.63, 3.8) is 0 Å². The summed E-state index contributed by atoms with van der Waals surface area (Å²) in [5.74, 6) is 1.06. The van der Waals surface area contributed by atoms with E-state index < -0.39 is 5.67 Å². The molecule has 1 atom stereocenters. The zero-order valence-electron chi connectivity index (χ0n) is 18.8. The number of morpholine rings is 1. The molecule has 1 saturated carbocycles. The number of nitrogen functional groups attached to an aromatic ring is 1. The molecular weight excluding hydrogens is 427 g/mol. The number of carbonyl (C=O) groups is 1.